The van der Waals surface area contributed by atoms with Gasteiger partial charge in [-0.25, -0.2) is 0 Å². The third-order valence-corrected chi connectivity index (χ3v) is 3.01. The fourth-order valence-electron chi connectivity index (χ4n) is 2.30. The van der Waals surface area contributed by atoms with E-state index in [1.54, 1.807) is 6.92 Å². The first-order valence-corrected chi connectivity index (χ1v) is 5.20. The quantitative estimate of drug-likeness (QED) is 0.741. The fourth-order valence-corrected chi connectivity index (χ4v) is 2.30. The van der Waals surface area contributed by atoms with Crippen molar-refractivity contribution in [2.45, 2.75) is 45.1 Å². The summed E-state index contributed by atoms with van der Waals surface area (Å²) in [6.07, 6.45) is 4.35. The summed E-state index contributed by atoms with van der Waals surface area (Å²) in [5.74, 6) is 1.94. The second-order valence-corrected chi connectivity index (χ2v) is 4.49. The first-order chi connectivity index (χ1) is 6.60. The van der Waals surface area contributed by atoms with E-state index in [0.29, 0.717) is 17.6 Å². The van der Waals surface area contributed by atoms with E-state index in [4.69, 9.17) is 10.3 Å². The average molecular weight is 195 g/mol. The summed E-state index contributed by atoms with van der Waals surface area (Å²) in [5, 5.41) is 3.93. The molecule has 4 nitrogen and oxygen atoms in total. The molecular formula is C10H17N3O. The van der Waals surface area contributed by atoms with E-state index >= 15 is 0 Å². The van der Waals surface area contributed by atoms with Crippen molar-refractivity contribution in [1.29, 1.82) is 0 Å². The molecular weight excluding hydrogens is 178 g/mol. The van der Waals surface area contributed by atoms with Gasteiger partial charge in [0.15, 0.2) is 5.82 Å². The Kier molecular flexibility index (Phi) is 2.31. The summed E-state index contributed by atoms with van der Waals surface area (Å²) in [5.41, 5.74) is 5.95. The molecule has 0 bridgehead atoms. The molecule has 2 N–H and O–H groups in total. The van der Waals surface area contributed by atoms with Crippen molar-refractivity contribution in [3.05, 3.63) is 11.7 Å². The zero-order valence-corrected chi connectivity index (χ0v) is 8.79. The molecule has 4 heteroatoms. The second-order valence-electron chi connectivity index (χ2n) is 4.49. The molecule has 2 atom stereocenters. The van der Waals surface area contributed by atoms with Gasteiger partial charge in [0, 0.05) is 6.92 Å². The van der Waals surface area contributed by atoms with Crippen LogP contribution in [-0.2, 0) is 5.54 Å². The van der Waals surface area contributed by atoms with Crippen LogP contribution in [-0.4, -0.2) is 10.1 Å². The Morgan fingerprint density at radius 3 is 2.93 bits per heavy atom. The molecule has 14 heavy (non-hydrogen) atoms. The van der Waals surface area contributed by atoms with Crippen LogP contribution in [0.4, 0.5) is 0 Å². The van der Waals surface area contributed by atoms with Crippen LogP contribution in [0.25, 0.3) is 0 Å². The Morgan fingerprint density at radius 2 is 2.36 bits per heavy atom. The minimum Gasteiger partial charge on any atom is -0.340 e. The van der Waals surface area contributed by atoms with E-state index < -0.39 is 0 Å². The molecule has 0 spiro atoms. The SMILES string of the molecule is Cc1nc(C2(N)CCCC(C)C2)no1. The molecule has 78 valence electrons. The number of nitrogens with two attached hydrogens (primary N) is 1. The Bertz CT molecular complexity index is 323. The summed E-state index contributed by atoms with van der Waals surface area (Å²) < 4.78 is 4.98. The molecule has 1 aliphatic rings. The first kappa shape index (κ1) is 9.65. The summed E-state index contributed by atoms with van der Waals surface area (Å²) in [4.78, 5) is 4.24. The lowest BCUT2D eigenvalue weighted by Crippen LogP contribution is -2.42. The maximum Gasteiger partial charge on any atom is 0.223 e. The Morgan fingerprint density at radius 1 is 1.57 bits per heavy atom. The zero-order valence-electron chi connectivity index (χ0n) is 8.79. The molecule has 2 unspecified atom stereocenters. The van der Waals surface area contributed by atoms with Crippen molar-refractivity contribution in [3.63, 3.8) is 0 Å². The first-order valence-electron chi connectivity index (χ1n) is 5.20. The maximum absolute atomic E-state index is 6.30. The second kappa shape index (κ2) is 3.35. The molecule has 0 saturated heterocycles. The topological polar surface area (TPSA) is 64.9 Å². The van der Waals surface area contributed by atoms with Gasteiger partial charge in [0.1, 0.15) is 0 Å². The van der Waals surface area contributed by atoms with E-state index in [1.807, 2.05) is 0 Å². The van der Waals surface area contributed by atoms with Crippen molar-refractivity contribution in [2.75, 3.05) is 0 Å². The predicted octanol–water partition coefficient (Wildman–Crippen LogP) is 1.74. The number of aryl methyl sites for hydroxylation is 1. The summed E-state index contributed by atoms with van der Waals surface area (Å²) >= 11 is 0. The molecule has 1 aromatic heterocycles. The number of hydrogen-bond acceptors (Lipinski definition) is 4. The Balaban J connectivity index is 2.22. The lowest BCUT2D eigenvalue weighted by atomic mass is 9.76. The summed E-state index contributed by atoms with van der Waals surface area (Å²) in [7, 11) is 0. The highest BCUT2D eigenvalue weighted by molar-refractivity contribution is 5.05. The van der Waals surface area contributed by atoms with Gasteiger partial charge in [-0.05, 0) is 18.8 Å². The van der Waals surface area contributed by atoms with E-state index in [9.17, 15) is 0 Å². The fraction of sp³-hybridized carbons (Fsp3) is 0.800. The van der Waals surface area contributed by atoms with Crippen LogP contribution < -0.4 is 5.73 Å². The molecule has 2 rings (SSSR count). The number of nitrogens with zero attached hydrogens (tertiary/aromatic N) is 2. The normalized spacial score (nSPS) is 33.2. The predicted molar refractivity (Wildman–Crippen MR) is 52.5 cm³/mol. The highest BCUT2D eigenvalue weighted by Gasteiger charge is 2.36. The molecule has 1 heterocycles. The van der Waals surface area contributed by atoms with Gasteiger partial charge < -0.3 is 10.3 Å². The maximum atomic E-state index is 6.30. The molecule has 1 saturated carbocycles. The van der Waals surface area contributed by atoms with Crippen LogP contribution in [0, 0.1) is 12.8 Å². The van der Waals surface area contributed by atoms with Crippen LogP contribution >= 0.6 is 0 Å². The third kappa shape index (κ3) is 1.66. The van der Waals surface area contributed by atoms with Crippen molar-refractivity contribution in [2.24, 2.45) is 11.7 Å². The molecule has 1 aromatic rings. The molecule has 0 aliphatic heterocycles. The number of aromatic nitrogens is 2. The average Bonchev–Trinajstić information content (AvgIpc) is 2.52. The minimum atomic E-state index is -0.352. The molecule has 0 amide bonds. The Labute approximate surface area is 83.9 Å². The molecule has 0 radical (unpaired) electrons. The summed E-state index contributed by atoms with van der Waals surface area (Å²) in [6, 6.07) is 0. The van der Waals surface area contributed by atoms with Gasteiger partial charge in [0.2, 0.25) is 5.89 Å². The van der Waals surface area contributed by atoms with E-state index in [2.05, 4.69) is 17.1 Å². The van der Waals surface area contributed by atoms with Crippen LogP contribution in [0.3, 0.4) is 0 Å². The van der Waals surface area contributed by atoms with E-state index in [-0.39, 0.29) is 5.54 Å². The van der Waals surface area contributed by atoms with E-state index in [1.165, 1.54) is 6.42 Å². The molecule has 0 aromatic carbocycles. The van der Waals surface area contributed by atoms with Gasteiger partial charge in [-0.2, -0.15) is 4.98 Å². The smallest absolute Gasteiger partial charge is 0.223 e. The minimum absolute atomic E-state index is 0.352. The highest BCUT2D eigenvalue weighted by Crippen LogP contribution is 2.36. The lowest BCUT2D eigenvalue weighted by molar-refractivity contribution is 0.221. The van der Waals surface area contributed by atoms with Gasteiger partial charge >= 0.3 is 0 Å². The Hall–Kier alpha value is -0.900. The van der Waals surface area contributed by atoms with E-state index in [0.717, 1.165) is 19.3 Å². The highest BCUT2D eigenvalue weighted by atomic mass is 16.5. The molecule has 1 aliphatic carbocycles. The van der Waals surface area contributed by atoms with Crippen LogP contribution in [0.1, 0.15) is 44.3 Å². The zero-order chi connectivity index (χ0) is 10.2. The lowest BCUT2D eigenvalue weighted by Gasteiger charge is -2.33. The third-order valence-electron chi connectivity index (χ3n) is 3.01. The van der Waals surface area contributed by atoms with Crippen molar-refractivity contribution < 1.29 is 4.52 Å². The van der Waals surface area contributed by atoms with Gasteiger partial charge in [-0.15, -0.1) is 0 Å². The van der Waals surface area contributed by atoms with Crippen LogP contribution in [0.15, 0.2) is 4.52 Å². The number of hydrogen-bond donors (Lipinski definition) is 1. The molecule has 1 fully saturated rings. The van der Waals surface area contributed by atoms with Crippen molar-refractivity contribution >= 4 is 0 Å². The summed E-state index contributed by atoms with van der Waals surface area (Å²) in [6.45, 7) is 4.03. The standard InChI is InChI=1S/C10H17N3O/c1-7-4-3-5-10(11,6-7)9-12-8(2)14-13-9/h7H,3-6,11H2,1-2H3. The van der Waals surface area contributed by atoms with Crippen molar-refractivity contribution in [1.82, 2.24) is 10.1 Å². The van der Waals surface area contributed by atoms with Crippen LogP contribution in [0.2, 0.25) is 0 Å². The largest absolute Gasteiger partial charge is 0.340 e. The van der Waals surface area contributed by atoms with Crippen molar-refractivity contribution in [3.8, 4) is 0 Å². The number of rotatable bonds is 1. The van der Waals surface area contributed by atoms with Gasteiger partial charge in [0.25, 0.3) is 0 Å². The van der Waals surface area contributed by atoms with Crippen LogP contribution in [0.5, 0.6) is 0 Å². The van der Waals surface area contributed by atoms with Gasteiger partial charge in [-0.3, -0.25) is 0 Å². The van der Waals surface area contributed by atoms with Gasteiger partial charge in [-0.1, -0.05) is 24.9 Å². The van der Waals surface area contributed by atoms with Gasteiger partial charge in [0.05, 0.1) is 5.54 Å². The monoisotopic (exact) mass is 195 g/mol.